The van der Waals surface area contributed by atoms with Crippen LogP contribution < -0.4 is 20.1 Å². The molecule has 216 valence electrons. The Morgan fingerprint density at radius 3 is 2.62 bits per heavy atom. The minimum Gasteiger partial charge on any atom is -0.489 e. The van der Waals surface area contributed by atoms with Crippen LogP contribution in [0.3, 0.4) is 0 Å². The number of aryl methyl sites for hydroxylation is 2. The van der Waals surface area contributed by atoms with Gasteiger partial charge in [0.2, 0.25) is 0 Å². The van der Waals surface area contributed by atoms with Gasteiger partial charge in [-0.3, -0.25) is 4.72 Å². The highest BCUT2D eigenvalue weighted by atomic mass is 32.2. The van der Waals surface area contributed by atoms with Crippen molar-refractivity contribution in [3.05, 3.63) is 108 Å². The maximum atomic E-state index is 13.2. The second-order valence-electron chi connectivity index (χ2n) is 10.4. The van der Waals surface area contributed by atoms with Crippen molar-refractivity contribution in [2.45, 2.75) is 36.9 Å². The molecule has 10 heteroatoms. The van der Waals surface area contributed by atoms with E-state index >= 15 is 0 Å². The number of anilines is 3. The van der Waals surface area contributed by atoms with Gasteiger partial charge < -0.3 is 20.5 Å². The molecule has 5 aromatic rings. The van der Waals surface area contributed by atoms with Crippen LogP contribution in [-0.4, -0.2) is 37.7 Å². The average molecular weight is 601 g/mol. The van der Waals surface area contributed by atoms with Crippen LogP contribution in [0.1, 0.15) is 29.2 Å². The number of aliphatic hydroxyl groups excluding tert-OH is 1. The number of nitrogens with one attached hydrogen (secondary N) is 3. The summed E-state index contributed by atoms with van der Waals surface area (Å²) in [5.74, 6) is 0.685. The Morgan fingerprint density at radius 1 is 1.00 bits per heavy atom. The molecule has 0 bridgehead atoms. The van der Waals surface area contributed by atoms with Crippen LogP contribution in [0.5, 0.6) is 5.75 Å². The summed E-state index contributed by atoms with van der Waals surface area (Å²) in [4.78, 5) is 4.66. The van der Waals surface area contributed by atoms with E-state index in [4.69, 9.17) is 4.74 Å². The van der Waals surface area contributed by atoms with Crippen molar-refractivity contribution in [3.63, 3.8) is 0 Å². The molecule has 1 aliphatic heterocycles. The monoisotopic (exact) mass is 600 g/mol. The first kappa shape index (κ1) is 28.2. The molecule has 4 aromatic carbocycles. The lowest BCUT2D eigenvalue weighted by Gasteiger charge is -2.27. The summed E-state index contributed by atoms with van der Waals surface area (Å²) >= 11 is 1.29. The van der Waals surface area contributed by atoms with Crippen LogP contribution in [-0.2, 0) is 16.4 Å². The molecule has 4 N–H and O–H groups in total. The first-order chi connectivity index (χ1) is 20.3. The van der Waals surface area contributed by atoms with Crippen LogP contribution >= 0.6 is 11.3 Å². The lowest BCUT2D eigenvalue weighted by Crippen LogP contribution is -2.36. The molecule has 0 aliphatic carbocycles. The zero-order valence-electron chi connectivity index (χ0n) is 23.1. The van der Waals surface area contributed by atoms with Gasteiger partial charge in [-0.15, -0.1) is 0 Å². The van der Waals surface area contributed by atoms with E-state index < -0.39 is 16.1 Å². The molecule has 2 heterocycles. The highest BCUT2D eigenvalue weighted by molar-refractivity contribution is 7.93. The summed E-state index contributed by atoms with van der Waals surface area (Å²) in [5, 5.41) is 17.4. The fourth-order valence-corrected chi connectivity index (χ4v) is 7.12. The number of sulfonamides is 1. The molecule has 42 heavy (non-hydrogen) atoms. The third-order valence-electron chi connectivity index (χ3n) is 7.22. The van der Waals surface area contributed by atoms with Gasteiger partial charge in [0.1, 0.15) is 11.9 Å². The molecule has 0 saturated heterocycles. The Hall–Kier alpha value is -3.96. The molecule has 0 radical (unpaired) electrons. The van der Waals surface area contributed by atoms with Crippen molar-refractivity contribution in [2.24, 2.45) is 0 Å². The second-order valence-corrected chi connectivity index (χ2v) is 13.1. The van der Waals surface area contributed by atoms with E-state index in [0.717, 1.165) is 44.7 Å². The Labute approximate surface area is 249 Å². The minimum atomic E-state index is -3.83. The van der Waals surface area contributed by atoms with Crippen molar-refractivity contribution in [1.29, 1.82) is 0 Å². The zero-order valence-corrected chi connectivity index (χ0v) is 24.7. The van der Waals surface area contributed by atoms with Gasteiger partial charge in [-0.25, -0.2) is 13.4 Å². The van der Waals surface area contributed by atoms with Crippen molar-refractivity contribution >= 4 is 48.1 Å². The van der Waals surface area contributed by atoms with Gasteiger partial charge >= 0.3 is 0 Å². The van der Waals surface area contributed by atoms with Gasteiger partial charge in [-0.1, -0.05) is 59.4 Å². The molecule has 2 atom stereocenters. The minimum absolute atomic E-state index is 0.0627. The lowest BCUT2D eigenvalue weighted by molar-refractivity contribution is 0.146. The van der Waals surface area contributed by atoms with E-state index in [1.54, 1.807) is 18.2 Å². The quantitative estimate of drug-likeness (QED) is 0.152. The standard InChI is InChI=1S/C32H32N4O4S2/c1-21-7-9-22(10-8-21)29(37)20-33-19-26-13-11-23-17-27(14-16-30(23)40-26)42(38,39)36-32-35-28-15-12-25(18-31(28)41-32)34-24-5-3-2-4-6-24/h2-10,12,14-18,26,29,33-34,37H,11,13,19-20H2,1H3,(H,35,36). The molecule has 2 unspecified atom stereocenters. The fraction of sp³-hybridized carbons (Fsp3) is 0.219. The fourth-order valence-electron chi connectivity index (χ4n) is 4.93. The maximum absolute atomic E-state index is 13.2. The number of fused-ring (bicyclic) bond motifs is 2. The Morgan fingerprint density at radius 2 is 1.81 bits per heavy atom. The predicted octanol–water partition coefficient (Wildman–Crippen LogP) is 6.17. The summed E-state index contributed by atoms with van der Waals surface area (Å²) in [5.41, 5.74) is 5.48. The normalized spacial score (nSPS) is 15.5. The summed E-state index contributed by atoms with van der Waals surface area (Å²) < 4.78 is 36.2. The number of hydrogen-bond donors (Lipinski definition) is 4. The van der Waals surface area contributed by atoms with Gasteiger partial charge in [0.05, 0.1) is 21.2 Å². The van der Waals surface area contributed by atoms with Crippen molar-refractivity contribution in [3.8, 4) is 5.75 Å². The summed E-state index contributed by atoms with van der Waals surface area (Å²) in [6.07, 6.45) is 0.788. The van der Waals surface area contributed by atoms with E-state index in [1.165, 1.54) is 11.3 Å². The van der Waals surface area contributed by atoms with Crippen LogP contribution in [0.2, 0.25) is 0 Å². The first-order valence-corrected chi connectivity index (χ1v) is 16.1. The third kappa shape index (κ3) is 6.57. The lowest BCUT2D eigenvalue weighted by atomic mass is 10.0. The molecule has 1 aromatic heterocycles. The van der Waals surface area contributed by atoms with Gasteiger partial charge in [-0.2, -0.15) is 0 Å². The topological polar surface area (TPSA) is 113 Å². The number of thiazole rings is 1. The summed E-state index contributed by atoms with van der Waals surface area (Å²) in [7, 11) is -3.83. The van der Waals surface area contributed by atoms with Gasteiger partial charge in [-0.05, 0) is 79.4 Å². The van der Waals surface area contributed by atoms with Gasteiger partial charge in [0.15, 0.2) is 5.13 Å². The Kier molecular flexibility index (Phi) is 8.12. The number of rotatable bonds is 10. The number of para-hydroxylation sites is 1. The number of benzene rings is 4. The predicted molar refractivity (Wildman–Crippen MR) is 168 cm³/mol. The van der Waals surface area contributed by atoms with Crippen LogP contribution in [0.25, 0.3) is 10.2 Å². The molecule has 0 spiro atoms. The van der Waals surface area contributed by atoms with E-state index in [-0.39, 0.29) is 11.0 Å². The Bertz CT molecular complexity index is 1790. The molecule has 1 aliphatic rings. The van der Waals surface area contributed by atoms with E-state index in [1.807, 2.05) is 79.7 Å². The first-order valence-electron chi connectivity index (χ1n) is 13.8. The zero-order chi connectivity index (χ0) is 29.1. The molecular formula is C32H32N4O4S2. The van der Waals surface area contributed by atoms with Crippen LogP contribution in [0, 0.1) is 6.92 Å². The maximum Gasteiger partial charge on any atom is 0.263 e. The number of aromatic nitrogens is 1. The number of aliphatic hydroxyl groups is 1. The largest absolute Gasteiger partial charge is 0.489 e. The summed E-state index contributed by atoms with van der Waals surface area (Å²) in [6, 6.07) is 28.4. The molecular weight excluding hydrogens is 569 g/mol. The molecule has 6 rings (SSSR count). The second kappa shape index (κ2) is 12.1. The molecule has 0 amide bonds. The van der Waals surface area contributed by atoms with Crippen LogP contribution in [0.4, 0.5) is 16.5 Å². The number of hydrogen-bond acceptors (Lipinski definition) is 8. The smallest absolute Gasteiger partial charge is 0.263 e. The summed E-state index contributed by atoms with van der Waals surface area (Å²) in [6.45, 7) is 3.03. The van der Waals surface area contributed by atoms with Crippen molar-refractivity contribution in [1.82, 2.24) is 10.3 Å². The number of ether oxygens (including phenoxy) is 1. The van der Waals surface area contributed by atoms with Crippen LogP contribution in [0.15, 0.2) is 95.9 Å². The highest BCUT2D eigenvalue weighted by Crippen LogP contribution is 2.33. The Balaban J connectivity index is 1.06. The van der Waals surface area contributed by atoms with Gasteiger partial charge in [0.25, 0.3) is 10.0 Å². The van der Waals surface area contributed by atoms with Gasteiger partial charge in [0, 0.05) is 24.5 Å². The number of nitrogens with zero attached hydrogens (tertiary/aromatic N) is 1. The van der Waals surface area contributed by atoms with E-state index in [0.29, 0.717) is 30.4 Å². The molecule has 0 saturated carbocycles. The van der Waals surface area contributed by atoms with E-state index in [2.05, 4.69) is 20.3 Å². The SMILES string of the molecule is Cc1ccc(C(O)CNCC2CCc3cc(S(=O)(=O)Nc4nc5ccc(Nc6ccccc6)cc5s4)ccc3O2)cc1. The molecule has 0 fully saturated rings. The average Bonchev–Trinajstić information content (AvgIpc) is 3.38. The van der Waals surface area contributed by atoms with E-state index in [9.17, 15) is 13.5 Å². The highest BCUT2D eigenvalue weighted by Gasteiger charge is 2.24. The third-order valence-corrected chi connectivity index (χ3v) is 9.62. The molecule has 8 nitrogen and oxygen atoms in total. The van der Waals surface area contributed by atoms with Crippen molar-refractivity contribution < 1.29 is 18.3 Å². The van der Waals surface area contributed by atoms with Crippen molar-refractivity contribution in [2.75, 3.05) is 23.1 Å².